The Morgan fingerprint density at radius 3 is 2.28 bits per heavy atom. The minimum absolute atomic E-state index is 0.00588. The fourth-order valence-corrected chi connectivity index (χ4v) is 1.56. The zero-order valence-electron chi connectivity index (χ0n) is 11.6. The average Bonchev–Trinajstić information content (AvgIpc) is 2.34. The van der Waals surface area contributed by atoms with E-state index in [2.05, 4.69) is 17.6 Å². The van der Waals surface area contributed by atoms with Crippen LogP contribution in [0.1, 0.15) is 46.0 Å². The Hall–Kier alpha value is -1.10. The molecule has 0 aliphatic carbocycles. The number of hydrogen-bond donors (Lipinski definition) is 3. The van der Waals surface area contributed by atoms with Crippen LogP contribution in [0.15, 0.2) is 0 Å². The molecule has 0 aromatic heterocycles. The third-order valence-corrected chi connectivity index (χ3v) is 2.77. The number of rotatable bonds is 10. The first kappa shape index (κ1) is 16.9. The quantitative estimate of drug-likeness (QED) is 0.541. The van der Waals surface area contributed by atoms with E-state index in [4.69, 9.17) is 5.73 Å². The summed E-state index contributed by atoms with van der Waals surface area (Å²) in [6.07, 6.45) is 3.59. The maximum atomic E-state index is 11.5. The van der Waals surface area contributed by atoms with Gasteiger partial charge in [0.25, 0.3) is 0 Å². The Labute approximate surface area is 110 Å². The lowest BCUT2D eigenvalue weighted by Crippen LogP contribution is -2.31. The second-order valence-corrected chi connectivity index (χ2v) is 4.67. The van der Waals surface area contributed by atoms with E-state index < -0.39 is 0 Å². The SMILES string of the molecule is CCCNC(=O)CCNC(=O)CCC(C)CCN. The molecule has 1 atom stereocenters. The summed E-state index contributed by atoms with van der Waals surface area (Å²) in [4.78, 5) is 22.7. The Bertz CT molecular complexity index is 244. The lowest BCUT2D eigenvalue weighted by atomic mass is 10.0. The molecule has 0 saturated carbocycles. The Morgan fingerprint density at radius 1 is 1.06 bits per heavy atom. The first-order valence-electron chi connectivity index (χ1n) is 6.83. The molecular formula is C13H27N3O2. The highest BCUT2D eigenvalue weighted by Crippen LogP contribution is 2.08. The smallest absolute Gasteiger partial charge is 0.221 e. The van der Waals surface area contributed by atoms with Crippen molar-refractivity contribution in [2.45, 2.75) is 46.0 Å². The molecule has 5 heteroatoms. The minimum atomic E-state index is -0.00588. The van der Waals surface area contributed by atoms with Gasteiger partial charge in [0, 0.05) is 25.9 Å². The molecule has 0 radical (unpaired) electrons. The van der Waals surface area contributed by atoms with Crippen molar-refractivity contribution in [3.05, 3.63) is 0 Å². The molecule has 0 aliphatic rings. The molecule has 0 aromatic rings. The summed E-state index contributed by atoms with van der Waals surface area (Å²) in [5, 5.41) is 5.53. The summed E-state index contributed by atoms with van der Waals surface area (Å²) in [6, 6.07) is 0. The minimum Gasteiger partial charge on any atom is -0.356 e. The van der Waals surface area contributed by atoms with Crippen LogP contribution < -0.4 is 16.4 Å². The van der Waals surface area contributed by atoms with E-state index in [0.29, 0.717) is 38.4 Å². The van der Waals surface area contributed by atoms with Crippen LogP contribution in [0.2, 0.25) is 0 Å². The molecule has 0 spiro atoms. The van der Waals surface area contributed by atoms with Gasteiger partial charge in [-0.3, -0.25) is 9.59 Å². The molecule has 0 bridgehead atoms. The number of carbonyl (C=O) groups excluding carboxylic acids is 2. The highest BCUT2D eigenvalue weighted by molar-refractivity contribution is 5.78. The molecule has 0 aromatic carbocycles. The van der Waals surface area contributed by atoms with Crippen molar-refractivity contribution >= 4 is 11.8 Å². The van der Waals surface area contributed by atoms with Crippen molar-refractivity contribution < 1.29 is 9.59 Å². The normalized spacial score (nSPS) is 11.9. The van der Waals surface area contributed by atoms with E-state index in [9.17, 15) is 9.59 Å². The van der Waals surface area contributed by atoms with E-state index in [-0.39, 0.29) is 11.8 Å². The third kappa shape index (κ3) is 10.1. The van der Waals surface area contributed by atoms with Crippen molar-refractivity contribution in [2.75, 3.05) is 19.6 Å². The first-order valence-corrected chi connectivity index (χ1v) is 6.83. The van der Waals surface area contributed by atoms with Crippen molar-refractivity contribution in [2.24, 2.45) is 11.7 Å². The van der Waals surface area contributed by atoms with Crippen LogP contribution in [-0.2, 0) is 9.59 Å². The molecule has 4 N–H and O–H groups in total. The summed E-state index contributed by atoms with van der Waals surface area (Å²) >= 11 is 0. The monoisotopic (exact) mass is 257 g/mol. The number of carbonyl (C=O) groups is 2. The predicted octanol–water partition coefficient (Wildman–Crippen LogP) is 0.784. The van der Waals surface area contributed by atoms with Crippen LogP contribution in [0.5, 0.6) is 0 Å². The van der Waals surface area contributed by atoms with Crippen molar-refractivity contribution in [1.82, 2.24) is 10.6 Å². The van der Waals surface area contributed by atoms with Crippen molar-refractivity contribution in [3.63, 3.8) is 0 Å². The topological polar surface area (TPSA) is 84.2 Å². The standard InChI is InChI=1S/C13H27N3O2/c1-3-9-15-13(18)7-10-16-12(17)5-4-11(2)6-8-14/h11H,3-10,14H2,1-2H3,(H,15,18)(H,16,17). The van der Waals surface area contributed by atoms with E-state index in [0.717, 1.165) is 19.3 Å². The number of nitrogens with two attached hydrogens (primary N) is 1. The Balaban J connectivity index is 3.50. The maximum Gasteiger partial charge on any atom is 0.221 e. The summed E-state index contributed by atoms with van der Waals surface area (Å²) in [5.41, 5.74) is 5.44. The van der Waals surface area contributed by atoms with Crippen molar-refractivity contribution in [1.29, 1.82) is 0 Å². The zero-order chi connectivity index (χ0) is 13.8. The van der Waals surface area contributed by atoms with Gasteiger partial charge in [-0.2, -0.15) is 0 Å². The Kier molecular flexibility index (Phi) is 10.3. The van der Waals surface area contributed by atoms with Gasteiger partial charge >= 0.3 is 0 Å². The maximum absolute atomic E-state index is 11.5. The molecule has 0 heterocycles. The van der Waals surface area contributed by atoms with Crippen LogP contribution in [0.4, 0.5) is 0 Å². The molecule has 2 amide bonds. The van der Waals surface area contributed by atoms with Crippen LogP contribution in [0.25, 0.3) is 0 Å². The second kappa shape index (κ2) is 11.0. The fraction of sp³-hybridized carbons (Fsp3) is 0.846. The van der Waals surface area contributed by atoms with Gasteiger partial charge < -0.3 is 16.4 Å². The summed E-state index contributed by atoms with van der Waals surface area (Å²) in [6.45, 7) is 5.88. The molecular weight excluding hydrogens is 230 g/mol. The van der Waals surface area contributed by atoms with Crippen LogP contribution in [0.3, 0.4) is 0 Å². The molecule has 106 valence electrons. The molecule has 0 fully saturated rings. The highest BCUT2D eigenvalue weighted by atomic mass is 16.2. The van der Waals surface area contributed by atoms with Gasteiger partial charge in [-0.1, -0.05) is 13.8 Å². The van der Waals surface area contributed by atoms with Crippen molar-refractivity contribution in [3.8, 4) is 0 Å². The van der Waals surface area contributed by atoms with Crippen LogP contribution in [0, 0.1) is 5.92 Å². The van der Waals surface area contributed by atoms with Gasteiger partial charge in [0.1, 0.15) is 0 Å². The lowest BCUT2D eigenvalue weighted by molar-refractivity contribution is -0.122. The molecule has 1 unspecified atom stereocenters. The fourth-order valence-electron chi connectivity index (χ4n) is 1.56. The van der Waals surface area contributed by atoms with Crippen LogP contribution >= 0.6 is 0 Å². The molecule has 0 aliphatic heterocycles. The largest absolute Gasteiger partial charge is 0.356 e. The molecule has 0 saturated heterocycles. The average molecular weight is 257 g/mol. The summed E-state index contributed by atoms with van der Waals surface area (Å²) < 4.78 is 0. The van der Waals surface area contributed by atoms with Gasteiger partial charge in [-0.05, 0) is 31.7 Å². The van der Waals surface area contributed by atoms with Gasteiger partial charge in [0.05, 0.1) is 0 Å². The van der Waals surface area contributed by atoms with E-state index in [1.54, 1.807) is 0 Å². The van der Waals surface area contributed by atoms with Gasteiger partial charge in [0.15, 0.2) is 0 Å². The number of hydrogen-bond acceptors (Lipinski definition) is 3. The van der Waals surface area contributed by atoms with E-state index in [1.807, 2.05) is 6.92 Å². The second-order valence-electron chi connectivity index (χ2n) is 4.67. The number of amides is 2. The van der Waals surface area contributed by atoms with Crippen LogP contribution in [-0.4, -0.2) is 31.4 Å². The highest BCUT2D eigenvalue weighted by Gasteiger charge is 2.06. The summed E-state index contributed by atoms with van der Waals surface area (Å²) in [5.74, 6) is 0.490. The molecule has 18 heavy (non-hydrogen) atoms. The number of nitrogens with one attached hydrogen (secondary N) is 2. The predicted molar refractivity (Wildman–Crippen MR) is 73.0 cm³/mol. The van der Waals surface area contributed by atoms with Gasteiger partial charge in [-0.15, -0.1) is 0 Å². The third-order valence-electron chi connectivity index (χ3n) is 2.77. The zero-order valence-corrected chi connectivity index (χ0v) is 11.6. The first-order chi connectivity index (χ1) is 8.60. The lowest BCUT2D eigenvalue weighted by Gasteiger charge is -2.10. The van der Waals surface area contributed by atoms with Gasteiger partial charge in [0.2, 0.25) is 11.8 Å². The Morgan fingerprint density at radius 2 is 1.67 bits per heavy atom. The molecule has 5 nitrogen and oxygen atoms in total. The summed E-state index contributed by atoms with van der Waals surface area (Å²) in [7, 11) is 0. The van der Waals surface area contributed by atoms with E-state index >= 15 is 0 Å². The molecule has 0 rings (SSSR count). The van der Waals surface area contributed by atoms with Gasteiger partial charge in [-0.25, -0.2) is 0 Å². The van der Waals surface area contributed by atoms with E-state index in [1.165, 1.54) is 0 Å².